The average Bonchev–Trinajstić information content (AvgIpc) is 2.78. The van der Waals surface area contributed by atoms with Crippen LogP contribution in [0.25, 0.3) is 10.6 Å². The summed E-state index contributed by atoms with van der Waals surface area (Å²) in [6, 6.07) is 7.98. The predicted octanol–water partition coefficient (Wildman–Crippen LogP) is 3.54. The van der Waals surface area contributed by atoms with Gasteiger partial charge in [-0.05, 0) is 12.5 Å². The van der Waals surface area contributed by atoms with Gasteiger partial charge in [0.2, 0.25) is 0 Å². The van der Waals surface area contributed by atoms with Gasteiger partial charge in [-0.2, -0.15) is 0 Å². The first-order valence-corrected chi connectivity index (χ1v) is 6.24. The van der Waals surface area contributed by atoms with Crippen molar-refractivity contribution >= 4 is 28.7 Å². The van der Waals surface area contributed by atoms with Crippen LogP contribution in [-0.4, -0.2) is 16.6 Å². The summed E-state index contributed by atoms with van der Waals surface area (Å²) >= 11 is 6.96. The smallest absolute Gasteiger partial charge is 0.196 e. The molecule has 2 aromatic rings. The number of benzene rings is 1. The number of rotatable bonds is 3. The van der Waals surface area contributed by atoms with E-state index in [1.54, 1.807) is 5.38 Å². The molecule has 0 aliphatic rings. The molecule has 1 aromatic heterocycles. The van der Waals surface area contributed by atoms with E-state index in [0.29, 0.717) is 5.69 Å². The van der Waals surface area contributed by atoms with Crippen molar-refractivity contribution in [2.75, 3.05) is 5.88 Å². The van der Waals surface area contributed by atoms with Crippen LogP contribution in [0.15, 0.2) is 29.6 Å². The van der Waals surface area contributed by atoms with Crippen LogP contribution in [0.4, 0.5) is 0 Å². The molecule has 82 valence electrons. The zero-order valence-corrected chi connectivity index (χ0v) is 10.3. The Bertz CT molecular complexity index is 521. The van der Waals surface area contributed by atoms with E-state index in [4.69, 9.17) is 11.6 Å². The first-order valence-electron chi connectivity index (χ1n) is 4.83. The van der Waals surface area contributed by atoms with E-state index in [1.807, 2.05) is 31.2 Å². The number of Topliss-reactive ketones (excluding diaryl/α,β-unsaturated/α-hetero) is 1. The van der Waals surface area contributed by atoms with Gasteiger partial charge in [-0.25, -0.2) is 4.98 Å². The SMILES string of the molecule is Cc1ccccc1-c1nc(C(=O)CCl)cs1. The zero-order valence-electron chi connectivity index (χ0n) is 8.74. The molecule has 0 bridgehead atoms. The van der Waals surface area contributed by atoms with E-state index in [0.717, 1.165) is 16.1 Å². The molecule has 0 aliphatic heterocycles. The molecular formula is C12H10ClNOS. The van der Waals surface area contributed by atoms with Crippen molar-refractivity contribution in [2.45, 2.75) is 6.92 Å². The minimum atomic E-state index is -0.127. The molecule has 0 spiro atoms. The Morgan fingerprint density at radius 1 is 1.44 bits per heavy atom. The monoisotopic (exact) mass is 251 g/mol. The average molecular weight is 252 g/mol. The van der Waals surface area contributed by atoms with Crippen LogP contribution in [-0.2, 0) is 0 Å². The van der Waals surface area contributed by atoms with Crippen LogP contribution >= 0.6 is 22.9 Å². The standard InChI is InChI=1S/C12H10ClNOS/c1-8-4-2-3-5-9(8)12-14-10(7-16-12)11(15)6-13/h2-5,7H,6H2,1H3. The topological polar surface area (TPSA) is 30.0 Å². The molecule has 16 heavy (non-hydrogen) atoms. The van der Waals surface area contributed by atoms with Crippen LogP contribution in [0.1, 0.15) is 16.1 Å². The minimum absolute atomic E-state index is 0.0169. The van der Waals surface area contributed by atoms with Crippen molar-refractivity contribution in [3.05, 3.63) is 40.9 Å². The van der Waals surface area contributed by atoms with Gasteiger partial charge in [0.25, 0.3) is 0 Å². The lowest BCUT2D eigenvalue weighted by atomic mass is 10.1. The molecular weight excluding hydrogens is 242 g/mol. The number of carbonyl (C=O) groups excluding carboxylic acids is 1. The fraction of sp³-hybridized carbons (Fsp3) is 0.167. The summed E-state index contributed by atoms with van der Waals surface area (Å²) in [4.78, 5) is 15.7. The number of thiazole rings is 1. The van der Waals surface area contributed by atoms with Crippen LogP contribution in [0.5, 0.6) is 0 Å². The molecule has 0 aliphatic carbocycles. The highest BCUT2D eigenvalue weighted by atomic mass is 35.5. The lowest BCUT2D eigenvalue weighted by Crippen LogP contribution is -2.00. The number of halogens is 1. The van der Waals surface area contributed by atoms with Gasteiger partial charge < -0.3 is 0 Å². The van der Waals surface area contributed by atoms with E-state index in [1.165, 1.54) is 11.3 Å². The first kappa shape index (κ1) is 11.3. The summed E-state index contributed by atoms with van der Waals surface area (Å²) in [5.41, 5.74) is 2.68. The van der Waals surface area contributed by atoms with Crippen LogP contribution in [0.3, 0.4) is 0 Å². The summed E-state index contributed by atoms with van der Waals surface area (Å²) in [6.45, 7) is 2.03. The summed E-state index contributed by atoms with van der Waals surface area (Å²) in [7, 11) is 0. The third-order valence-corrected chi connectivity index (χ3v) is 3.41. The van der Waals surface area contributed by atoms with Gasteiger partial charge in [0.05, 0.1) is 5.88 Å². The van der Waals surface area contributed by atoms with Gasteiger partial charge in [-0.15, -0.1) is 22.9 Å². The highest BCUT2D eigenvalue weighted by Gasteiger charge is 2.11. The van der Waals surface area contributed by atoms with Crippen LogP contribution < -0.4 is 0 Å². The van der Waals surface area contributed by atoms with Crippen molar-refractivity contribution in [3.8, 4) is 10.6 Å². The zero-order chi connectivity index (χ0) is 11.5. The summed E-state index contributed by atoms with van der Waals surface area (Å²) in [6.07, 6.45) is 0. The molecule has 0 atom stereocenters. The minimum Gasteiger partial charge on any atom is -0.291 e. The largest absolute Gasteiger partial charge is 0.291 e. The molecule has 2 nitrogen and oxygen atoms in total. The number of ketones is 1. The maximum atomic E-state index is 11.4. The van der Waals surface area contributed by atoms with E-state index >= 15 is 0 Å². The summed E-state index contributed by atoms with van der Waals surface area (Å²) in [5, 5.41) is 2.62. The fourth-order valence-corrected chi connectivity index (χ4v) is 2.46. The highest BCUT2D eigenvalue weighted by Crippen LogP contribution is 2.26. The van der Waals surface area contributed by atoms with E-state index < -0.39 is 0 Å². The number of hydrogen-bond acceptors (Lipinski definition) is 3. The van der Waals surface area contributed by atoms with Crippen molar-refractivity contribution < 1.29 is 4.79 Å². The van der Waals surface area contributed by atoms with Gasteiger partial charge in [0, 0.05) is 10.9 Å². The third kappa shape index (κ3) is 2.15. The molecule has 1 aromatic carbocycles. The molecule has 0 saturated carbocycles. The molecule has 0 amide bonds. The van der Waals surface area contributed by atoms with Gasteiger partial charge in [-0.1, -0.05) is 24.3 Å². The maximum absolute atomic E-state index is 11.4. The molecule has 4 heteroatoms. The molecule has 0 saturated heterocycles. The summed E-state index contributed by atoms with van der Waals surface area (Å²) < 4.78 is 0. The molecule has 0 unspecified atom stereocenters. The number of aromatic nitrogens is 1. The first-order chi connectivity index (χ1) is 7.72. The summed E-state index contributed by atoms with van der Waals surface area (Å²) in [5.74, 6) is -0.144. The van der Waals surface area contributed by atoms with Gasteiger partial charge >= 0.3 is 0 Å². The normalized spacial score (nSPS) is 10.4. The number of alkyl halides is 1. The maximum Gasteiger partial charge on any atom is 0.196 e. The van der Waals surface area contributed by atoms with Crippen LogP contribution in [0.2, 0.25) is 0 Å². The number of carbonyl (C=O) groups is 1. The second-order valence-electron chi connectivity index (χ2n) is 3.41. The fourth-order valence-electron chi connectivity index (χ4n) is 1.41. The van der Waals surface area contributed by atoms with E-state index in [2.05, 4.69) is 4.98 Å². The second kappa shape index (κ2) is 4.76. The Balaban J connectivity index is 2.39. The number of hydrogen-bond donors (Lipinski definition) is 0. The highest BCUT2D eigenvalue weighted by molar-refractivity contribution is 7.13. The lowest BCUT2D eigenvalue weighted by molar-refractivity contribution is 0.101. The molecule has 2 rings (SSSR count). The van der Waals surface area contributed by atoms with Crippen LogP contribution in [0, 0.1) is 6.92 Å². The molecule has 0 radical (unpaired) electrons. The number of aryl methyl sites for hydroxylation is 1. The van der Waals surface area contributed by atoms with Gasteiger partial charge in [0.15, 0.2) is 5.78 Å². The molecule has 0 N–H and O–H groups in total. The second-order valence-corrected chi connectivity index (χ2v) is 4.53. The molecule has 0 fully saturated rings. The van der Waals surface area contributed by atoms with Crippen molar-refractivity contribution in [2.24, 2.45) is 0 Å². The lowest BCUT2D eigenvalue weighted by Gasteiger charge is -1.99. The Kier molecular flexibility index (Phi) is 3.36. The quantitative estimate of drug-likeness (QED) is 0.617. The third-order valence-electron chi connectivity index (χ3n) is 2.29. The van der Waals surface area contributed by atoms with Crippen molar-refractivity contribution in [1.82, 2.24) is 4.98 Å². The van der Waals surface area contributed by atoms with Gasteiger partial charge in [0.1, 0.15) is 10.7 Å². The molecule has 1 heterocycles. The van der Waals surface area contributed by atoms with E-state index in [-0.39, 0.29) is 11.7 Å². The Labute approximate surface area is 103 Å². The Morgan fingerprint density at radius 3 is 2.88 bits per heavy atom. The number of nitrogens with zero attached hydrogens (tertiary/aromatic N) is 1. The Hall–Kier alpha value is -1.19. The van der Waals surface area contributed by atoms with E-state index in [9.17, 15) is 4.79 Å². The van der Waals surface area contributed by atoms with Crippen molar-refractivity contribution in [3.63, 3.8) is 0 Å². The Morgan fingerprint density at radius 2 is 2.19 bits per heavy atom. The van der Waals surface area contributed by atoms with Gasteiger partial charge in [-0.3, -0.25) is 4.79 Å². The predicted molar refractivity (Wildman–Crippen MR) is 67.3 cm³/mol. The van der Waals surface area contributed by atoms with Crippen molar-refractivity contribution in [1.29, 1.82) is 0 Å².